The van der Waals surface area contributed by atoms with Gasteiger partial charge in [0.05, 0.1) is 0 Å². The molecule has 0 bridgehead atoms. The van der Waals surface area contributed by atoms with E-state index in [1.807, 2.05) is 21.1 Å². The van der Waals surface area contributed by atoms with E-state index in [9.17, 15) is 0 Å². The van der Waals surface area contributed by atoms with Gasteiger partial charge in [-0.3, -0.25) is 0 Å². The van der Waals surface area contributed by atoms with Crippen LogP contribution in [-0.4, -0.2) is 66.5 Å². The Morgan fingerprint density at radius 2 is 1.40 bits per heavy atom. The highest BCUT2D eigenvalue weighted by molar-refractivity contribution is 4.72. The van der Waals surface area contributed by atoms with Crippen molar-refractivity contribution in [3.63, 3.8) is 0 Å². The maximum atomic E-state index is 3.49. The maximum Gasteiger partial charge on any atom is 0.0317 e. The Balaban J connectivity index is 3.44. The van der Waals surface area contributed by atoms with Gasteiger partial charge in [0.2, 0.25) is 0 Å². The first-order chi connectivity index (χ1) is 7.35. The first-order valence-corrected chi connectivity index (χ1v) is 5.73. The lowest BCUT2D eigenvalue weighted by molar-refractivity contribution is 0.456. The number of hydrogen-bond donors (Lipinski definition) is 5. The first kappa shape index (κ1) is 14.8. The van der Waals surface area contributed by atoms with Gasteiger partial charge in [-0.1, -0.05) is 0 Å². The minimum absolute atomic E-state index is 0.500. The lowest BCUT2D eigenvalue weighted by Crippen LogP contribution is -2.47. The van der Waals surface area contributed by atoms with E-state index in [1.165, 1.54) is 0 Å². The van der Waals surface area contributed by atoms with E-state index in [2.05, 4.69) is 26.6 Å². The fraction of sp³-hybridized carbons (Fsp3) is 1.00. The van der Waals surface area contributed by atoms with Gasteiger partial charge in [-0.2, -0.15) is 0 Å². The third-order valence-electron chi connectivity index (χ3n) is 2.20. The lowest BCUT2D eigenvalue weighted by atomic mass is 10.3. The van der Waals surface area contributed by atoms with Crippen molar-refractivity contribution in [3.8, 4) is 0 Å². The Hall–Kier alpha value is -0.200. The first-order valence-electron chi connectivity index (χ1n) is 5.73. The molecule has 0 fully saturated rings. The summed E-state index contributed by atoms with van der Waals surface area (Å²) in [6.45, 7) is 6.06. The Labute approximate surface area is 93.8 Å². The average molecular weight is 217 g/mol. The van der Waals surface area contributed by atoms with Crippen molar-refractivity contribution in [1.29, 1.82) is 0 Å². The van der Waals surface area contributed by atoms with Gasteiger partial charge in [0.15, 0.2) is 0 Å². The molecule has 0 spiro atoms. The van der Waals surface area contributed by atoms with Crippen molar-refractivity contribution in [2.45, 2.75) is 6.04 Å². The third kappa shape index (κ3) is 10.1. The van der Waals surface area contributed by atoms with Crippen LogP contribution in [0.2, 0.25) is 0 Å². The van der Waals surface area contributed by atoms with E-state index in [4.69, 9.17) is 0 Å². The molecule has 0 amide bonds. The molecule has 0 heterocycles. The molecular weight excluding hydrogens is 190 g/mol. The second-order valence-corrected chi connectivity index (χ2v) is 3.62. The number of likely N-dealkylation sites (N-methyl/N-ethyl adjacent to an activating group) is 3. The molecule has 0 aromatic heterocycles. The van der Waals surface area contributed by atoms with E-state index < -0.39 is 0 Å². The smallest absolute Gasteiger partial charge is 0.0317 e. The molecular formula is C10H27N5. The Morgan fingerprint density at radius 1 is 0.733 bits per heavy atom. The molecule has 1 unspecified atom stereocenters. The SMILES string of the molecule is CNCCNCC(CNC)NCCNC. The minimum Gasteiger partial charge on any atom is -0.318 e. The highest BCUT2D eigenvalue weighted by Gasteiger charge is 2.04. The molecule has 0 saturated heterocycles. The summed E-state index contributed by atoms with van der Waals surface area (Å²) in [7, 11) is 5.93. The molecule has 5 nitrogen and oxygen atoms in total. The number of nitrogens with one attached hydrogen (secondary N) is 5. The summed E-state index contributed by atoms with van der Waals surface area (Å²) in [6.07, 6.45) is 0. The fourth-order valence-electron chi connectivity index (χ4n) is 1.35. The van der Waals surface area contributed by atoms with Crippen molar-refractivity contribution in [3.05, 3.63) is 0 Å². The summed E-state index contributed by atoms with van der Waals surface area (Å²) >= 11 is 0. The van der Waals surface area contributed by atoms with Crippen molar-refractivity contribution in [2.75, 3.05) is 60.4 Å². The van der Waals surface area contributed by atoms with Gasteiger partial charge >= 0.3 is 0 Å². The topological polar surface area (TPSA) is 60.1 Å². The zero-order valence-electron chi connectivity index (χ0n) is 10.3. The summed E-state index contributed by atoms with van der Waals surface area (Å²) in [4.78, 5) is 0. The van der Waals surface area contributed by atoms with Crippen LogP contribution in [0.5, 0.6) is 0 Å². The lowest BCUT2D eigenvalue weighted by Gasteiger charge is -2.19. The second kappa shape index (κ2) is 11.9. The molecule has 0 aliphatic heterocycles. The van der Waals surface area contributed by atoms with Crippen LogP contribution in [0.3, 0.4) is 0 Å². The second-order valence-electron chi connectivity index (χ2n) is 3.62. The fourth-order valence-corrected chi connectivity index (χ4v) is 1.35. The quantitative estimate of drug-likeness (QED) is 0.264. The minimum atomic E-state index is 0.500. The normalized spacial score (nSPS) is 13.0. The highest BCUT2D eigenvalue weighted by Crippen LogP contribution is 1.78. The highest BCUT2D eigenvalue weighted by atomic mass is 15.0. The molecule has 0 aromatic rings. The summed E-state index contributed by atoms with van der Waals surface area (Å²) in [5.74, 6) is 0. The van der Waals surface area contributed by atoms with Gasteiger partial charge in [0, 0.05) is 45.3 Å². The van der Waals surface area contributed by atoms with Crippen LogP contribution in [0, 0.1) is 0 Å². The van der Waals surface area contributed by atoms with Crippen LogP contribution >= 0.6 is 0 Å². The van der Waals surface area contributed by atoms with Crippen LogP contribution < -0.4 is 26.6 Å². The maximum absolute atomic E-state index is 3.49. The van der Waals surface area contributed by atoms with E-state index in [0.717, 1.165) is 39.3 Å². The van der Waals surface area contributed by atoms with Crippen LogP contribution in [0.4, 0.5) is 0 Å². The molecule has 0 rings (SSSR count). The van der Waals surface area contributed by atoms with Crippen molar-refractivity contribution in [2.24, 2.45) is 0 Å². The number of hydrogen-bond acceptors (Lipinski definition) is 5. The van der Waals surface area contributed by atoms with Gasteiger partial charge in [-0.25, -0.2) is 0 Å². The Bertz CT molecular complexity index is 120. The molecule has 15 heavy (non-hydrogen) atoms. The summed E-state index contributed by atoms with van der Waals surface area (Å²) in [5.41, 5.74) is 0. The van der Waals surface area contributed by atoms with Crippen molar-refractivity contribution in [1.82, 2.24) is 26.6 Å². The molecule has 0 aliphatic carbocycles. The molecule has 0 radical (unpaired) electrons. The summed E-state index contributed by atoms with van der Waals surface area (Å²) in [6, 6.07) is 0.500. The van der Waals surface area contributed by atoms with Crippen LogP contribution in [0.25, 0.3) is 0 Å². The van der Waals surface area contributed by atoms with Gasteiger partial charge < -0.3 is 26.6 Å². The van der Waals surface area contributed by atoms with Crippen LogP contribution in [0.1, 0.15) is 0 Å². The third-order valence-corrected chi connectivity index (χ3v) is 2.20. The van der Waals surface area contributed by atoms with E-state index >= 15 is 0 Å². The number of rotatable bonds is 11. The molecule has 5 heteroatoms. The van der Waals surface area contributed by atoms with Crippen LogP contribution in [-0.2, 0) is 0 Å². The van der Waals surface area contributed by atoms with Gasteiger partial charge in [-0.05, 0) is 21.1 Å². The van der Waals surface area contributed by atoms with Crippen LogP contribution in [0.15, 0.2) is 0 Å². The standard InChI is InChI=1S/C10H27N5/c1-11-4-6-14-9-10(8-13-3)15-7-5-12-2/h10-15H,4-9H2,1-3H3. The zero-order valence-corrected chi connectivity index (χ0v) is 10.3. The van der Waals surface area contributed by atoms with Crippen molar-refractivity contribution < 1.29 is 0 Å². The van der Waals surface area contributed by atoms with Gasteiger partial charge in [0.1, 0.15) is 0 Å². The molecule has 92 valence electrons. The molecule has 0 aliphatic rings. The predicted octanol–water partition coefficient (Wildman–Crippen LogP) is -1.81. The van der Waals surface area contributed by atoms with E-state index in [-0.39, 0.29) is 0 Å². The summed E-state index contributed by atoms with van der Waals surface area (Å²) < 4.78 is 0. The monoisotopic (exact) mass is 217 g/mol. The molecule has 0 saturated carbocycles. The summed E-state index contributed by atoms with van der Waals surface area (Å²) in [5, 5.41) is 16.3. The molecule has 5 N–H and O–H groups in total. The molecule has 1 atom stereocenters. The largest absolute Gasteiger partial charge is 0.318 e. The zero-order chi connectivity index (χ0) is 11.4. The van der Waals surface area contributed by atoms with Gasteiger partial charge in [0.25, 0.3) is 0 Å². The predicted molar refractivity (Wildman–Crippen MR) is 66.4 cm³/mol. The van der Waals surface area contributed by atoms with Gasteiger partial charge in [-0.15, -0.1) is 0 Å². The molecule has 0 aromatic carbocycles. The van der Waals surface area contributed by atoms with Crippen molar-refractivity contribution >= 4 is 0 Å². The Kier molecular flexibility index (Phi) is 11.7. The average Bonchev–Trinajstić information content (AvgIpc) is 2.24. The Morgan fingerprint density at radius 3 is 2.00 bits per heavy atom. The van der Waals surface area contributed by atoms with E-state index in [0.29, 0.717) is 6.04 Å². The van der Waals surface area contributed by atoms with E-state index in [1.54, 1.807) is 0 Å².